The van der Waals surface area contributed by atoms with Gasteiger partial charge >= 0.3 is 0 Å². The Morgan fingerprint density at radius 2 is 1.00 bits per heavy atom. The van der Waals surface area contributed by atoms with Crippen LogP contribution < -0.4 is 11.5 Å². The largest absolute Gasteiger partial charge is 0.369 e. The summed E-state index contributed by atoms with van der Waals surface area (Å²) in [6, 6.07) is -0.720. The van der Waals surface area contributed by atoms with E-state index in [0.29, 0.717) is 0 Å². The molecule has 0 heterocycles. The first kappa shape index (κ1) is 24.2. The van der Waals surface area contributed by atoms with Crippen molar-refractivity contribution in [2.75, 3.05) is 0 Å². The second-order valence-electron chi connectivity index (χ2n) is 5.75. The maximum Gasteiger partial charge on any atom is 0.225 e. The summed E-state index contributed by atoms with van der Waals surface area (Å²) in [5.74, 6) is -0.869. The molecule has 0 spiro atoms. The quantitative estimate of drug-likeness (QED) is 0.727. The molecule has 2 atom stereocenters. The van der Waals surface area contributed by atoms with Gasteiger partial charge in [-0.2, -0.15) is 10.2 Å². The van der Waals surface area contributed by atoms with Crippen LogP contribution in [0.3, 0.4) is 0 Å². The number of carbonyl (C=O) groups excluding carboxylic acids is 2. The molecule has 0 aromatic heterocycles. The fourth-order valence-corrected chi connectivity index (χ4v) is 0.900. The van der Waals surface area contributed by atoms with Gasteiger partial charge in [-0.3, -0.25) is 9.59 Å². The molecule has 0 aliphatic heterocycles. The molecule has 0 saturated carbocycles. The number of hydrogen-bond acceptors (Lipinski definition) is 4. The Labute approximate surface area is 133 Å². The van der Waals surface area contributed by atoms with Crippen LogP contribution >= 0.6 is 24.8 Å². The summed E-state index contributed by atoms with van der Waals surface area (Å²) in [5, 5.41) is 8.16. The van der Waals surface area contributed by atoms with Crippen LogP contribution in [-0.2, 0) is 9.59 Å². The van der Waals surface area contributed by atoms with Gasteiger partial charge in [-0.1, -0.05) is 0 Å². The topological polar surface area (TPSA) is 111 Å². The number of primary amides is 2. The number of hydrogen-bond donors (Lipinski definition) is 2. The number of rotatable bonds is 6. The molecule has 0 rings (SSSR count). The van der Waals surface area contributed by atoms with Crippen molar-refractivity contribution in [3.05, 3.63) is 0 Å². The van der Waals surface area contributed by atoms with E-state index in [1.165, 1.54) is 0 Å². The molecule has 2 unspecified atom stereocenters. The van der Waals surface area contributed by atoms with Crippen LogP contribution in [0.25, 0.3) is 0 Å². The van der Waals surface area contributed by atoms with E-state index in [4.69, 9.17) is 11.5 Å². The van der Waals surface area contributed by atoms with Gasteiger partial charge in [0, 0.05) is 0 Å². The van der Waals surface area contributed by atoms with Crippen molar-refractivity contribution >= 4 is 36.6 Å². The first-order chi connectivity index (χ1) is 7.94. The van der Waals surface area contributed by atoms with Gasteiger partial charge in [-0.05, 0) is 41.5 Å². The van der Waals surface area contributed by atoms with Crippen molar-refractivity contribution in [3.8, 4) is 0 Å². The highest BCUT2D eigenvalue weighted by Crippen LogP contribution is 2.26. The lowest BCUT2D eigenvalue weighted by Gasteiger charge is -2.27. The molecule has 0 fully saturated rings. The first-order valence-electron chi connectivity index (χ1n) is 5.93. The Hall–Kier alpha value is -0.880. The van der Waals surface area contributed by atoms with E-state index in [1.54, 1.807) is 41.5 Å². The summed E-state index contributed by atoms with van der Waals surface area (Å²) in [5.41, 5.74) is 9.04. The molecule has 6 nitrogen and oxygen atoms in total. The molecule has 4 N–H and O–H groups in total. The summed E-state index contributed by atoms with van der Waals surface area (Å²) in [7, 11) is 0. The highest BCUT2D eigenvalue weighted by Gasteiger charge is 2.34. The molecular weight excluding hydrogens is 303 g/mol. The molecule has 0 aromatic carbocycles. The second-order valence-corrected chi connectivity index (χ2v) is 5.75. The van der Waals surface area contributed by atoms with E-state index in [0.717, 1.165) is 0 Å². The van der Waals surface area contributed by atoms with Crippen LogP contribution in [0.2, 0.25) is 0 Å². The number of amides is 2. The Kier molecular flexibility index (Phi) is 10.2. The summed E-state index contributed by atoms with van der Waals surface area (Å²) in [4.78, 5) is 22.5. The fraction of sp³-hybridized carbons (Fsp3) is 0.833. The molecule has 0 aromatic rings. The summed E-state index contributed by atoms with van der Waals surface area (Å²) < 4.78 is 0. The van der Waals surface area contributed by atoms with Crippen molar-refractivity contribution in [1.82, 2.24) is 0 Å². The summed E-state index contributed by atoms with van der Waals surface area (Å²) in [6.45, 7) is 10.4. The smallest absolute Gasteiger partial charge is 0.225 e. The van der Waals surface area contributed by atoms with Gasteiger partial charge in [-0.25, -0.2) is 0 Å². The van der Waals surface area contributed by atoms with E-state index in [9.17, 15) is 9.59 Å². The highest BCUT2D eigenvalue weighted by molar-refractivity contribution is 5.85. The van der Waals surface area contributed by atoms with Crippen molar-refractivity contribution in [2.24, 2.45) is 32.5 Å². The van der Waals surface area contributed by atoms with Crippen LogP contribution in [0.15, 0.2) is 10.2 Å². The molecule has 0 saturated heterocycles. The zero-order valence-electron chi connectivity index (χ0n) is 12.8. The molecular formula is C12H26Cl2N4O2. The maximum absolute atomic E-state index is 11.3. The number of nitrogens with zero attached hydrogens (tertiary/aromatic N) is 2. The number of azo groups is 1. The third-order valence-electron chi connectivity index (χ3n) is 3.77. The van der Waals surface area contributed by atoms with Gasteiger partial charge in [0.1, 0.15) is 0 Å². The number of halogens is 2. The van der Waals surface area contributed by atoms with E-state index >= 15 is 0 Å². The van der Waals surface area contributed by atoms with Gasteiger partial charge in [0.15, 0.2) is 0 Å². The minimum absolute atomic E-state index is 0. The second kappa shape index (κ2) is 8.42. The normalized spacial score (nSPS) is 14.9. The third-order valence-corrected chi connectivity index (χ3v) is 3.77. The maximum atomic E-state index is 11.3. The van der Waals surface area contributed by atoms with E-state index in [-0.39, 0.29) is 36.9 Å². The standard InChI is InChI=1S/C12H24N4O2.2ClH/c1-7(11(3,4)9(13)17)15-16-8(2)12(5,6)10(14)18;;/h7-8H,1-6H3,(H2,13,17)(H2,14,18);2*1H. The zero-order valence-corrected chi connectivity index (χ0v) is 14.5. The number of nitrogens with two attached hydrogens (primary N) is 2. The fourth-order valence-electron chi connectivity index (χ4n) is 0.900. The van der Waals surface area contributed by atoms with Crippen molar-refractivity contribution in [2.45, 2.75) is 53.6 Å². The van der Waals surface area contributed by atoms with Gasteiger partial charge in [0.05, 0.1) is 22.9 Å². The molecule has 8 heteroatoms. The van der Waals surface area contributed by atoms with Crippen LogP contribution in [0, 0.1) is 10.8 Å². The summed E-state index contributed by atoms with van der Waals surface area (Å²) >= 11 is 0. The van der Waals surface area contributed by atoms with Crippen molar-refractivity contribution in [3.63, 3.8) is 0 Å². The van der Waals surface area contributed by atoms with Crippen LogP contribution in [0.1, 0.15) is 41.5 Å². The average molecular weight is 329 g/mol. The van der Waals surface area contributed by atoms with Crippen molar-refractivity contribution in [1.29, 1.82) is 0 Å². The third kappa shape index (κ3) is 5.63. The van der Waals surface area contributed by atoms with E-state index < -0.39 is 22.6 Å². The van der Waals surface area contributed by atoms with Crippen molar-refractivity contribution < 1.29 is 9.59 Å². The van der Waals surface area contributed by atoms with E-state index in [2.05, 4.69) is 10.2 Å². The Bertz CT molecular complexity index is 336. The Morgan fingerprint density at radius 1 is 0.800 bits per heavy atom. The Morgan fingerprint density at radius 3 is 1.15 bits per heavy atom. The minimum Gasteiger partial charge on any atom is -0.369 e. The summed E-state index contributed by atoms with van der Waals surface area (Å²) in [6.07, 6.45) is 0. The van der Waals surface area contributed by atoms with Crippen LogP contribution in [-0.4, -0.2) is 23.9 Å². The lowest BCUT2D eigenvalue weighted by atomic mass is 9.84. The molecule has 0 aliphatic rings. The van der Waals surface area contributed by atoms with Gasteiger partial charge < -0.3 is 11.5 Å². The van der Waals surface area contributed by atoms with Gasteiger partial charge in [-0.15, -0.1) is 24.8 Å². The predicted octanol–water partition coefficient (Wildman–Crippen LogP) is 2.08. The molecule has 120 valence electrons. The lowest BCUT2D eigenvalue weighted by molar-refractivity contribution is -0.128. The van der Waals surface area contributed by atoms with Crippen LogP contribution in [0.4, 0.5) is 0 Å². The minimum atomic E-state index is -0.778. The zero-order chi connectivity index (χ0) is 14.7. The lowest BCUT2D eigenvalue weighted by Crippen LogP contribution is -2.41. The highest BCUT2D eigenvalue weighted by atomic mass is 35.5. The van der Waals surface area contributed by atoms with Gasteiger partial charge in [0.2, 0.25) is 11.8 Å². The molecule has 0 bridgehead atoms. The SMILES string of the molecule is CC(N=NC(C)C(C)(C)C(N)=O)C(C)(C)C(N)=O.Cl.Cl. The van der Waals surface area contributed by atoms with Crippen LogP contribution in [0.5, 0.6) is 0 Å². The first-order valence-corrected chi connectivity index (χ1v) is 5.93. The number of carbonyl (C=O) groups is 2. The predicted molar refractivity (Wildman–Crippen MR) is 84.2 cm³/mol. The molecule has 0 aliphatic carbocycles. The Balaban J connectivity index is -0.00000144. The monoisotopic (exact) mass is 328 g/mol. The molecule has 20 heavy (non-hydrogen) atoms. The molecule has 0 radical (unpaired) electrons. The molecule has 2 amide bonds. The van der Waals surface area contributed by atoms with Gasteiger partial charge in [0.25, 0.3) is 0 Å². The average Bonchev–Trinajstić information content (AvgIpc) is 2.24. The van der Waals surface area contributed by atoms with E-state index in [1.807, 2.05) is 0 Å².